The van der Waals surface area contributed by atoms with Crippen LogP contribution in [-0.4, -0.2) is 24.5 Å². The fraction of sp³-hybridized carbons (Fsp3) is 1.00. The Balaban J connectivity index is 4.36. The number of nitrogens with two attached hydrogens (primary N) is 4. The van der Waals surface area contributed by atoms with E-state index in [9.17, 15) is 0 Å². The van der Waals surface area contributed by atoms with Crippen molar-refractivity contribution in [2.24, 2.45) is 22.9 Å². The highest BCUT2D eigenvalue weighted by atomic mass is 16.5. The van der Waals surface area contributed by atoms with E-state index in [0.717, 1.165) is 0 Å². The van der Waals surface area contributed by atoms with E-state index in [-0.39, 0.29) is 13.1 Å². The van der Waals surface area contributed by atoms with E-state index in [1.54, 1.807) is 0 Å². The van der Waals surface area contributed by atoms with Crippen LogP contribution in [0.1, 0.15) is 26.7 Å². The van der Waals surface area contributed by atoms with Gasteiger partial charge in [-0.25, -0.2) is 0 Å². The molecule has 0 aromatic heterocycles. The van der Waals surface area contributed by atoms with E-state index in [1.165, 1.54) is 0 Å². The van der Waals surface area contributed by atoms with Crippen molar-refractivity contribution in [2.45, 2.75) is 38.1 Å². The standard InChI is InChI=1S/C8H22N4O/c1-3-7(11,5-9)13-8(12,4-2)6-10/h3-6,9-12H2,1-2H3. The summed E-state index contributed by atoms with van der Waals surface area (Å²) in [7, 11) is 0. The molecule has 0 aliphatic rings. The first-order chi connectivity index (χ1) is 5.95. The molecule has 0 aliphatic heterocycles. The SMILES string of the molecule is CCC(N)(CN)OC(N)(CC)CN. The summed E-state index contributed by atoms with van der Waals surface area (Å²) < 4.78 is 5.53. The molecule has 5 heteroatoms. The van der Waals surface area contributed by atoms with Gasteiger partial charge in [-0.15, -0.1) is 0 Å². The maximum atomic E-state index is 5.85. The first kappa shape index (κ1) is 12.8. The molecule has 0 saturated heterocycles. The van der Waals surface area contributed by atoms with Gasteiger partial charge in [-0.3, -0.25) is 0 Å². The van der Waals surface area contributed by atoms with Gasteiger partial charge in [0, 0.05) is 13.1 Å². The highest BCUT2D eigenvalue weighted by Crippen LogP contribution is 2.16. The average Bonchev–Trinajstić information content (AvgIpc) is 2.17. The summed E-state index contributed by atoms with van der Waals surface area (Å²) >= 11 is 0. The van der Waals surface area contributed by atoms with Crippen molar-refractivity contribution in [3.8, 4) is 0 Å². The maximum Gasteiger partial charge on any atom is 0.131 e. The molecule has 0 amide bonds. The minimum Gasteiger partial charge on any atom is -0.338 e. The Morgan fingerprint density at radius 2 is 1.23 bits per heavy atom. The van der Waals surface area contributed by atoms with Crippen LogP contribution in [0.4, 0.5) is 0 Å². The van der Waals surface area contributed by atoms with Crippen molar-refractivity contribution in [1.82, 2.24) is 0 Å². The second-order valence-corrected chi connectivity index (χ2v) is 3.35. The fourth-order valence-corrected chi connectivity index (χ4v) is 0.921. The summed E-state index contributed by atoms with van der Waals surface area (Å²) in [6.07, 6.45) is 1.23. The molecule has 0 saturated carbocycles. The van der Waals surface area contributed by atoms with Crippen LogP contribution in [0.15, 0.2) is 0 Å². The van der Waals surface area contributed by atoms with E-state index >= 15 is 0 Å². The molecule has 0 aromatic carbocycles. The zero-order chi connectivity index (χ0) is 10.5. The van der Waals surface area contributed by atoms with E-state index < -0.39 is 11.4 Å². The van der Waals surface area contributed by atoms with E-state index in [1.807, 2.05) is 13.8 Å². The van der Waals surface area contributed by atoms with Gasteiger partial charge in [-0.05, 0) is 12.8 Å². The third-order valence-electron chi connectivity index (χ3n) is 2.29. The Labute approximate surface area is 79.8 Å². The molecular formula is C8H22N4O. The topological polar surface area (TPSA) is 113 Å². The van der Waals surface area contributed by atoms with Crippen molar-refractivity contribution in [1.29, 1.82) is 0 Å². The predicted molar refractivity (Wildman–Crippen MR) is 53.6 cm³/mol. The van der Waals surface area contributed by atoms with Crippen LogP contribution < -0.4 is 22.9 Å². The van der Waals surface area contributed by atoms with Crippen LogP contribution in [0.25, 0.3) is 0 Å². The van der Waals surface area contributed by atoms with Crippen molar-refractivity contribution < 1.29 is 4.74 Å². The monoisotopic (exact) mass is 190 g/mol. The van der Waals surface area contributed by atoms with Gasteiger partial charge in [0.1, 0.15) is 11.4 Å². The van der Waals surface area contributed by atoms with Gasteiger partial charge in [0.25, 0.3) is 0 Å². The summed E-state index contributed by atoms with van der Waals surface area (Å²) in [5.74, 6) is 0. The van der Waals surface area contributed by atoms with Crippen LogP contribution >= 0.6 is 0 Å². The third-order valence-corrected chi connectivity index (χ3v) is 2.29. The first-order valence-electron chi connectivity index (χ1n) is 4.63. The quantitative estimate of drug-likeness (QED) is 0.403. The molecule has 0 aromatic rings. The van der Waals surface area contributed by atoms with Gasteiger partial charge < -0.3 is 27.7 Å². The Hall–Kier alpha value is -0.200. The molecular weight excluding hydrogens is 168 g/mol. The molecule has 0 spiro atoms. The van der Waals surface area contributed by atoms with Crippen LogP contribution in [0.5, 0.6) is 0 Å². The zero-order valence-corrected chi connectivity index (χ0v) is 8.55. The Morgan fingerprint density at radius 1 is 0.923 bits per heavy atom. The summed E-state index contributed by atoms with van der Waals surface area (Å²) in [5.41, 5.74) is 21.0. The molecule has 0 heterocycles. The minimum absolute atomic E-state index is 0.239. The number of ether oxygens (including phenoxy) is 1. The van der Waals surface area contributed by atoms with E-state index in [2.05, 4.69) is 0 Å². The van der Waals surface area contributed by atoms with Gasteiger partial charge in [0.2, 0.25) is 0 Å². The van der Waals surface area contributed by atoms with Crippen LogP contribution in [0, 0.1) is 0 Å². The molecule has 5 nitrogen and oxygen atoms in total. The molecule has 13 heavy (non-hydrogen) atoms. The molecule has 0 rings (SSSR count). The van der Waals surface area contributed by atoms with Crippen molar-refractivity contribution >= 4 is 0 Å². The lowest BCUT2D eigenvalue weighted by Gasteiger charge is -2.37. The Morgan fingerprint density at radius 3 is 1.38 bits per heavy atom. The molecule has 2 unspecified atom stereocenters. The molecule has 0 aliphatic carbocycles. The molecule has 0 radical (unpaired) electrons. The Kier molecular flexibility index (Phi) is 4.80. The average molecular weight is 190 g/mol. The van der Waals surface area contributed by atoms with Gasteiger partial charge in [0.15, 0.2) is 0 Å². The lowest BCUT2D eigenvalue weighted by atomic mass is 10.1. The van der Waals surface area contributed by atoms with Crippen molar-refractivity contribution in [3.05, 3.63) is 0 Å². The summed E-state index contributed by atoms with van der Waals surface area (Å²) in [4.78, 5) is 0. The molecule has 0 bridgehead atoms. The normalized spacial score (nSPS) is 20.8. The zero-order valence-electron chi connectivity index (χ0n) is 8.55. The van der Waals surface area contributed by atoms with Gasteiger partial charge in [0.05, 0.1) is 0 Å². The summed E-state index contributed by atoms with van der Waals surface area (Å²) in [6.45, 7) is 4.28. The molecule has 2 atom stereocenters. The second-order valence-electron chi connectivity index (χ2n) is 3.35. The maximum absolute atomic E-state index is 5.85. The highest BCUT2D eigenvalue weighted by molar-refractivity contribution is 4.81. The predicted octanol–water partition coefficient (Wildman–Crippen LogP) is -0.950. The van der Waals surface area contributed by atoms with Crippen LogP contribution in [-0.2, 0) is 4.74 Å². The lowest BCUT2D eigenvalue weighted by Crippen LogP contribution is -2.60. The highest BCUT2D eigenvalue weighted by Gasteiger charge is 2.32. The van der Waals surface area contributed by atoms with Crippen molar-refractivity contribution in [3.63, 3.8) is 0 Å². The summed E-state index contributed by atoms with van der Waals surface area (Å²) in [6, 6.07) is 0. The lowest BCUT2D eigenvalue weighted by molar-refractivity contribution is -0.147. The van der Waals surface area contributed by atoms with Crippen LogP contribution in [0.2, 0.25) is 0 Å². The molecule has 80 valence electrons. The van der Waals surface area contributed by atoms with Gasteiger partial charge in [-0.1, -0.05) is 13.8 Å². The van der Waals surface area contributed by atoms with Crippen LogP contribution in [0.3, 0.4) is 0 Å². The molecule has 0 fully saturated rings. The Bertz CT molecular complexity index is 127. The number of hydrogen-bond donors (Lipinski definition) is 4. The van der Waals surface area contributed by atoms with E-state index in [0.29, 0.717) is 12.8 Å². The summed E-state index contributed by atoms with van der Waals surface area (Å²) in [5, 5.41) is 0. The first-order valence-corrected chi connectivity index (χ1v) is 4.63. The number of rotatable bonds is 6. The second kappa shape index (κ2) is 4.88. The molecule has 8 N–H and O–H groups in total. The third kappa shape index (κ3) is 3.58. The fourth-order valence-electron chi connectivity index (χ4n) is 0.921. The number of hydrogen-bond acceptors (Lipinski definition) is 5. The van der Waals surface area contributed by atoms with Gasteiger partial charge in [-0.2, -0.15) is 0 Å². The largest absolute Gasteiger partial charge is 0.338 e. The van der Waals surface area contributed by atoms with Crippen molar-refractivity contribution in [2.75, 3.05) is 13.1 Å². The van der Waals surface area contributed by atoms with Gasteiger partial charge >= 0.3 is 0 Å². The minimum atomic E-state index is -0.857. The smallest absolute Gasteiger partial charge is 0.131 e. The van der Waals surface area contributed by atoms with E-state index in [4.69, 9.17) is 27.7 Å².